The molecule has 2 aliphatic rings. The third kappa shape index (κ3) is 4.21. The zero-order chi connectivity index (χ0) is 14.3. The van der Waals surface area contributed by atoms with E-state index in [2.05, 4.69) is 46.9 Å². The molecule has 0 aliphatic heterocycles. The van der Waals surface area contributed by atoms with Gasteiger partial charge >= 0.3 is 0 Å². The lowest BCUT2D eigenvalue weighted by atomic mass is 9.63. The van der Waals surface area contributed by atoms with Crippen LogP contribution in [0, 0.1) is 22.7 Å². The van der Waals surface area contributed by atoms with Crippen LogP contribution >= 0.6 is 0 Å². The van der Waals surface area contributed by atoms with E-state index in [4.69, 9.17) is 0 Å². The number of hydrogen-bond acceptors (Lipinski definition) is 1. The second kappa shape index (κ2) is 5.39. The summed E-state index contributed by atoms with van der Waals surface area (Å²) in [5.74, 6) is 1.83. The van der Waals surface area contributed by atoms with E-state index in [9.17, 15) is 0 Å². The lowest BCUT2D eigenvalue weighted by Crippen LogP contribution is -2.49. The van der Waals surface area contributed by atoms with Gasteiger partial charge in [-0.25, -0.2) is 0 Å². The van der Waals surface area contributed by atoms with Crippen molar-refractivity contribution in [1.29, 1.82) is 0 Å². The summed E-state index contributed by atoms with van der Waals surface area (Å²) in [4.78, 5) is 0. The predicted molar refractivity (Wildman–Crippen MR) is 84.3 cm³/mol. The molecule has 0 heterocycles. The fraction of sp³-hybridized carbons (Fsp3) is 1.00. The molecule has 0 aromatic heterocycles. The minimum absolute atomic E-state index is 0.507. The Bertz CT molecular complexity index is 289. The topological polar surface area (TPSA) is 12.0 Å². The van der Waals surface area contributed by atoms with Crippen molar-refractivity contribution in [2.24, 2.45) is 22.7 Å². The van der Waals surface area contributed by atoms with Gasteiger partial charge in [0.1, 0.15) is 0 Å². The van der Waals surface area contributed by atoms with E-state index >= 15 is 0 Å². The third-order valence-corrected chi connectivity index (χ3v) is 5.62. The molecule has 0 spiro atoms. The lowest BCUT2D eigenvalue weighted by molar-refractivity contribution is 0.0732. The van der Waals surface area contributed by atoms with Gasteiger partial charge in [0, 0.05) is 12.1 Å². The van der Waals surface area contributed by atoms with Crippen molar-refractivity contribution in [3.05, 3.63) is 0 Å². The highest BCUT2D eigenvalue weighted by Crippen LogP contribution is 2.46. The molecule has 2 aliphatic carbocycles. The van der Waals surface area contributed by atoms with Crippen LogP contribution in [0.4, 0.5) is 0 Å². The van der Waals surface area contributed by atoms with Crippen LogP contribution in [0.5, 0.6) is 0 Å². The summed E-state index contributed by atoms with van der Waals surface area (Å²) < 4.78 is 0. The maximum Gasteiger partial charge on any atom is 0.00798 e. The largest absolute Gasteiger partial charge is 0.311 e. The Morgan fingerprint density at radius 1 is 0.789 bits per heavy atom. The molecule has 112 valence electrons. The average molecular weight is 265 g/mol. The molecule has 0 radical (unpaired) electrons. The van der Waals surface area contributed by atoms with Crippen molar-refractivity contribution in [3.8, 4) is 0 Å². The van der Waals surface area contributed by atoms with E-state index in [1.807, 2.05) is 0 Å². The predicted octanol–water partition coefficient (Wildman–Crippen LogP) is 5.01. The van der Waals surface area contributed by atoms with Gasteiger partial charge in [0.25, 0.3) is 0 Å². The summed E-state index contributed by atoms with van der Waals surface area (Å²) in [5, 5.41) is 4.02. The molecule has 0 amide bonds. The quantitative estimate of drug-likeness (QED) is 0.740. The maximum absolute atomic E-state index is 4.02. The second-order valence-corrected chi connectivity index (χ2v) is 9.24. The van der Waals surface area contributed by atoms with Gasteiger partial charge in [-0.1, -0.05) is 41.5 Å². The molecule has 0 aromatic carbocycles. The molecular formula is C18H35N. The fourth-order valence-electron chi connectivity index (χ4n) is 5.00. The second-order valence-electron chi connectivity index (χ2n) is 9.24. The molecule has 0 saturated heterocycles. The molecule has 1 N–H and O–H groups in total. The SMILES string of the molecule is CC1CCC(NC2CC(C)(C)CC(C)(C)C2)CC1C. The first-order chi connectivity index (χ1) is 8.67. The molecular weight excluding hydrogens is 230 g/mol. The summed E-state index contributed by atoms with van der Waals surface area (Å²) in [5.41, 5.74) is 1.01. The van der Waals surface area contributed by atoms with E-state index in [1.165, 1.54) is 38.5 Å². The van der Waals surface area contributed by atoms with Gasteiger partial charge in [-0.05, 0) is 61.2 Å². The van der Waals surface area contributed by atoms with E-state index in [0.717, 1.165) is 23.9 Å². The van der Waals surface area contributed by atoms with E-state index in [-0.39, 0.29) is 0 Å². The summed E-state index contributed by atoms with van der Waals surface area (Å²) in [6.45, 7) is 14.7. The van der Waals surface area contributed by atoms with Crippen LogP contribution in [0.1, 0.15) is 80.1 Å². The van der Waals surface area contributed by atoms with Gasteiger partial charge in [0.15, 0.2) is 0 Å². The highest BCUT2D eigenvalue weighted by atomic mass is 15.0. The molecule has 2 fully saturated rings. The van der Waals surface area contributed by atoms with Gasteiger partial charge in [-0.15, -0.1) is 0 Å². The normalized spacial score (nSPS) is 39.2. The number of hydrogen-bond donors (Lipinski definition) is 1. The Kier molecular flexibility index (Phi) is 4.35. The van der Waals surface area contributed by atoms with Crippen LogP contribution in [-0.2, 0) is 0 Å². The van der Waals surface area contributed by atoms with Gasteiger partial charge < -0.3 is 5.32 Å². The molecule has 0 bridgehead atoms. The number of nitrogens with one attached hydrogen (secondary N) is 1. The van der Waals surface area contributed by atoms with Crippen molar-refractivity contribution in [1.82, 2.24) is 5.32 Å². The minimum Gasteiger partial charge on any atom is -0.311 e. The van der Waals surface area contributed by atoms with E-state index in [1.54, 1.807) is 0 Å². The minimum atomic E-state index is 0.507. The third-order valence-electron chi connectivity index (χ3n) is 5.62. The summed E-state index contributed by atoms with van der Waals surface area (Å²) in [6.07, 6.45) is 8.28. The standard InChI is InChI=1S/C18H35N/c1-13-7-8-15(9-14(13)2)19-16-10-17(3,4)12-18(5,6)11-16/h13-16,19H,7-12H2,1-6H3. The van der Waals surface area contributed by atoms with Crippen molar-refractivity contribution in [2.45, 2.75) is 92.2 Å². The van der Waals surface area contributed by atoms with Crippen molar-refractivity contribution >= 4 is 0 Å². The average Bonchev–Trinajstić information content (AvgIpc) is 2.18. The summed E-state index contributed by atoms with van der Waals surface area (Å²) >= 11 is 0. The van der Waals surface area contributed by atoms with Crippen molar-refractivity contribution < 1.29 is 0 Å². The first-order valence-electron chi connectivity index (χ1n) is 8.43. The molecule has 3 atom stereocenters. The highest BCUT2D eigenvalue weighted by molar-refractivity contribution is 4.94. The van der Waals surface area contributed by atoms with Crippen molar-refractivity contribution in [3.63, 3.8) is 0 Å². The fourth-order valence-corrected chi connectivity index (χ4v) is 5.00. The van der Waals surface area contributed by atoms with Crippen LogP contribution in [-0.4, -0.2) is 12.1 Å². The molecule has 0 aromatic rings. The van der Waals surface area contributed by atoms with Gasteiger partial charge in [0.05, 0.1) is 0 Å². The molecule has 1 nitrogen and oxygen atoms in total. The van der Waals surface area contributed by atoms with Gasteiger partial charge in [-0.2, -0.15) is 0 Å². The first kappa shape index (κ1) is 15.4. The van der Waals surface area contributed by atoms with Crippen LogP contribution in [0.3, 0.4) is 0 Å². The van der Waals surface area contributed by atoms with Crippen LogP contribution in [0.2, 0.25) is 0 Å². The zero-order valence-corrected chi connectivity index (χ0v) is 14.1. The molecule has 19 heavy (non-hydrogen) atoms. The Hall–Kier alpha value is -0.0400. The highest BCUT2D eigenvalue weighted by Gasteiger charge is 2.39. The smallest absolute Gasteiger partial charge is 0.00798 e. The van der Waals surface area contributed by atoms with Gasteiger partial charge in [-0.3, -0.25) is 0 Å². The van der Waals surface area contributed by atoms with E-state index in [0.29, 0.717) is 10.8 Å². The Balaban J connectivity index is 1.92. The Labute approximate surface area is 120 Å². The number of rotatable bonds is 2. The monoisotopic (exact) mass is 265 g/mol. The van der Waals surface area contributed by atoms with Crippen LogP contribution < -0.4 is 5.32 Å². The summed E-state index contributed by atoms with van der Waals surface area (Å²) in [6, 6.07) is 1.52. The van der Waals surface area contributed by atoms with Gasteiger partial charge in [0.2, 0.25) is 0 Å². The Morgan fingerprint density at radius 2 is 1.37 bits per heavy atom. The first-order valence-corrected chi connectivity index (χ1v) is 8.43. The maximum atomic E-state index is 4.02. The van der Waals surface area contributed by atoms with E-state index < -0.39 is 0 Å². The van der Waals surface area contributed by atoms with Crippen LogP contribution in [0.15, 0.2) is 0 Å². The molecule has 2 saturated carbocycles. The lowest BCUT2D eigenvalue weighted by Gasteiger charge is -2.47. The summed E-state index contributed by atoms with van der Waals surface area (Å²) in [7, 11) is 0. The van der Waals surface area contributed by atoms with Crippen LogP contribution in [0.25, 0.3) is 0 Å². The molecule has 2 rings (SSSR count). The molecule has 1 heteroatoms. The zero-order valence-electron chi connectivity index (χ0n) is 14.1. The Morgan fingerprint density at radius 3 is 1.89 bits per heavy atom. The molecule has 3 unspecified atom stereocenters. The van der Waals surface area contributed by atoms with Crippen molar-refractivity contribution in [2.75, 3.05) is 0 Å².